The summed E-state index contributed by atoms with van der Waals surface area (Å²) in [7, 11) is 0. The highest BCUT2D eigenvalue weighted by Gasteiger charge is 2.32. The monoisotopic (exact) mass is 281 g/mol. The Labute approximate surface area is 121 Å². The zero-order chi connectivity index (χ0) is 14.0. The molecule has 0 bridgehead atoms. The predicted molar refractivity (Wildman–Crippen MR) is 81.2 cm³/mol. The van der Waals surface area contributed by atoms with Crippen LogP contribution >= 0.6 is 11.6 Å². The van der Waals surface area contributed by atoms with Crippen LogP contribution in [0.25, 0.3) is 0 Å². The second kappa shape index (κ2) is 5.72. The second-order valence-corrected chi connectivity index (χ2v) is 7.10. The van der Waals surface area contributed by atoms with Crippen LogP contribution in [-0.4, -0.2) is 6.10 Å². The highest BCUT2D eigenvalue weighted by molar-refractivity contribution is 6.31. The fourth-order valence-electron chi connectivity index (χ4n) is 3.30. The lowest BCUT2D eigenvalue weighted by Crippen LogP contribution is -2.32. The number of benzene rings is 1. The fraction of sp³-hybridized carbons (Fsp3) is 0.625. The smallest absolute Gasteiger partial charge is 0.0735 e. The van der Waals surface area contributed by atoms with Gasteiger partial charge in [-0.25, -0.2) is 0 Å². The molecule has 1 fully saturated rings. The molecule has 2 unspecified atom stereocenters. The molecule has 1 saturated carbocycles. The van der Waals surface area contributed by atoms with E-state index in [0.717, 1.165) is 35.0 Å². The van der Waals surface area contributed by atoms with Gasteiger partial charge in [-0.1, -0.05) is 32.4 Å². The minimum absolute atomic E-state index is 0.330. The van der Waals surface area contributed by atoms with Crippen molar-refractivity contribution in [3.05, 3.63) is 28.8 Å². The molecule has 19 heavy (non-hydrogen) atoms. The number of ether oxygens (including phenoxy) is 1. The summed E-state index contributed by atoms with van der Waals surface area (Å²) in [5, 5.41) is 0.734. The molecule has 0 radical (unpaired) electrons. The van der Waals surface area contributed by atoms with Crippen molar-refractivity contribution in [2.24, 2.45) is 11.3 Å². The van der Waals surface area contributed by atoms with Gasteiger partial charge in [0.25, 0.3) is 0 Å². The first kappa shape index (κ1) is 14.7. The van der Waals surface area contributed by atoms with E-state index < -0.39 is 0 Å². The van der Waals surface area contributed by atoms with E-state index in [4.69, 9.17) is 22.1 Å². The normalized spacial score (nSPS) is 26.3. The number of nitrogen functional groups attached to an aromatic ring is 1. The Hall–Kier alpha value is -0.730. The van der Waals surface area contributed by atoms with Gasteiger partial charge in [-0.2, -0.15) is 0 Å². The van der Waals surface area contributed by atoms with E-state index >= 15 is 0 Å². The zero-order valence-electron chi connectivity index (χ0n) is 12.1. The van der Waals surface area contributed by atoms with Crippen molar-refractivity contribution in [1.82, 2.24) is 0 Å². The van der Waals surface area contributed by atoms with Gasteiger partial charge in [-0.3, -0.25) is 0 Å². The average Bonchev–Trinajstić information content (AvgIpc) is 2.28. The minimum Gasteiger partial charge on any atom is -0.399 e. The molecule has 0 spiro atoms. The summed E-state index contributed by atoms with van der Waals surface area (Å²) in [5.74, 6) is 0.727. The maximum absolute atomic E-state index is 6.16. The third-order valence-electron chi connectivity index (χ3n) is 3.89. The number of rotatable bonds is 3. The second-order valence-electron chi connectivity index (χ2n) is 6.70. The minimum atomic E-state index is 0.330. The summed E-state index contributed by atoms with van der Waals surface area (Å²) >= 11 is 6.16. The van der Waals surface area contributed by atoms with E-state index in [2.05, 4.69) is 20.8 Å². The lowest BCUT2D eigenvalue weighted by molar-refractivity contribution is -0.0315. The van der Waals surface area contributed by atoms with E-state index in [1.54, 1.807) is 0 Å². The van der Waals surface area contributed by atoms with Crippen molar-refractivity contribution in [2.45, 2.75) is 52.7 Å². The van der Waals surface area contributed by atoms with Gasteiger partial charge in [0.2, 0.25) is 0 Å². The highest BCUT2D eigenvalue weighted by Crippen LogP contribution is 2.40. The van der Waals surface area contributed by atoms with Gasteiger partial charge >= 0.3 is 0 Å². The average molecular weight is 282 g/mol. The lowest BCUT2D eigenvalue weighted by Gasteiger charge is -2.38. The summed E-state index contributed by atoms with van der Waals surface area (Å²) in [6.07, 6.45) is 3.88. The Bertz CT molecular complexity index is 444. The van der Waals surface area contributed by atoms with Crippen molar-refractivity contribution in [3.8, 4) is 0 Å². The van der Waals surface area contributed by atoms with E-state index in [1.165, 1.54) is 6.42 Å². The molecule has 0 aromatic heterocycles. The number of hydrogen-bond donors (Lipinski definition) is 1. The third-order valence-corrected chi connectivity index (χ3v) is 4.26. The van der Waals surface area contributed by atoms with Crippen LogP contribution in [0, 0.1) is 11.3 Å². The third kappa shape index (κ3) is 4.12. The maximum Gasteiger partial charge on any atom is 0.0735 e. The first-order chi connectivity index (χ1) is 8.85. The van der Waals surface area contributed by atoms with Gasteiger partial charge < -0.3 is 10.5 Å². The van der Waals surface area contributed by atoms with E-state index in [9.17, 15) is 0 Å². The molecule has 0 amide bonds. The van der Waals surface area contributed by atoms with Crippen LogP contribution in [0.2, 0.25) is 5.02 Å². The molecule has 2 atom stereocenters. The van der Waals surface area contributed by atoms with Crippen LogP contribution in [0.3, 0.4) is 0 Å². The quantitative estimate of drug-likeness (QED) is 0.818. The van der Waals surface area contributed by atoms with Gasteiger partial charge in [-0.15, -0.1) is 0 Å². The molecule has 1 aromatic rings. The van der Waals surface area contributed by atoms with Crippen LogP contribution in [0.5, 0.6) is 0 Å². The first-order valence-corrected chi connectivity index (χ1v) is 7.39. The Kier molecular flexibility index (Phi) is 4.42. The molecule has 3 heteroatoms. The molecule has 1 aliphatic carbocycles. The van der Waals surface area contributed by atoms with Gasteiger partial charge in [0.05, 0.1) is 12.7 Å². The molecule has 0 saturated heterocycles. The summed E-state index contributed by atoms with van der Waals surface area (Å²) in [6.45, 7) is 7.51. The molecular formula is C16H24ClNO. The molecule has 106 valence electrons. The molecule has 2 nitrogen and oxygen atoms in total. The van der Waals surface area contributed by atoms with Gasteiger partial charge in [0.15, 0.2) is 0 Å². The van der Waals surface area contributed by atoms with E-state index in [0.29, 0.717) is 18.1 Å². The van der Waals surface area contributed by atoms with E-state index in [1.807, 2.05) is 18.2 Å². The van der Waals surface area contributed by atoms with Crippen molar-refractivity contribution < 1.29 is 4.74 Å². The van der Waals surface area contributed by atoms with Gasteiger partial charge in [-0.05, 0) is 54.4 Å². The van der Waals surface area contributed by atoms with Crippen LogP contribution in [0.1, 0.15) is 45.6 Å². The van der Waals surface area contributed by atoms with Crippen LogP contribution in [-0.2, 0) is 11.3 Å². The van der Waals surface area contributed by atoms with Crippen molar-refractivity contribution in [3.63, 3.8) is 0 Å². The lowest BCUT2D eigenvalue weighted by atomic mass is 9.71. The first-order valence-electron chi connectivity index (χ1n) is 7.01. The van der Waals surface area contributed by atoms with Crippen molar-refractivity contribution in [2.75, 3.05) is 5.73 Å². The number of hydrogen-bond acceptors (Lipinski definition) is 2. The maximum atomic E-state index is 6.16. The molecule has 0 aliphatic heterocycles. The topological polar surface area (TPSA) is 35.2 Å². The summed E-state index contributed by atoms with van der Waals surface area (Å²) in [5.41, 5.74) is 7.88. The summed E-state index contributed by atoms with van der Waals surface area (Å²) < 4.78 is 6.07. The van der Waals surface area contributed by atoms with Gasteiger partial charge in [0.1, 0.15) is 0 Å². The molecule has 1 aliphatic rings. The number of anilines is 1. The molecule has 2 rings (SSSR count). The SMILES string of the molecule is CC1CC(OCc2cc(N)ccc2Cl)CC(C)(C)C1. The Morgan fingerprint density at radius 2 is 2.11 bits per heavy atom. The molecule has 0 heterocycles. The summed E-state index contributed by atoms with van der Waals surface area (Å²) in [6, 6.07) is 5.56. The van der Waals surface area contributed by atoms with Crippen LogP contribution in [0.4, 0.5) is 5.69 Å². The molecule has 1 aromatic carbocycles. The van der Waals surface area contributed by atoms with E-state index in [-0.39, 0.29) is 0 Å². The largest absolute Gasteiger partial charge is 0.399 e. The fourth-order valence-corrected chi connectivity index (χ4v) is 3.47. The highest BCUT2D eigenvalue weighted by atomic mass is 35.5. The van der Waals surface area contributed by atoms with Crippen LogP contribution < -0.4 is 5.73 Å². The zero-order valence-corrected chi connectivity index (χ0v) is 12.8. The Morgan fingerprint density at radius 3 is 2.79 bits per heavy atom. The van der Waals surface area contributed by atoms with Gasteiger partial charge in [0, 0.05) is 10.7 Å². The molecular weight excluding hydrogens is 258 g/mol. The van der Waals surface area contributed by atoms with Crippen molar-refractivity contribution in [1.29, 1.82) is 0 Å². The Morgan fingerprint density at radius 1 is 1.37 bits per heavy atom. The number of nitrogens with two attached hydrogens (primary N) is 1. The Balaban J connectivity index is 1.96. The predicted octanol–water partition coefficient (Wildman–Crippen LogP) is 4.65. The standard InChI is InChI=1S/C16H24ClNO/c1-11-6-14(9-16(2,3)8-11)19-10-12-7-13(18)4-5-15(12)17/h4-5,7,11,14H,6,8-10,18H2,1-3H3. The van der Waals surface area contributed by atoms with Crippen LogP contribution in [0.15, 0.2) is 18.2 Å². The number of halogens is 1. The summed E-state index contributed by atoms with van der Waals surface area (Å²) in [4.78, 5) is 0. The molecule has 2 N–H and O–H groups in total. The van der Waals surface area contributed by atoms with Crippen molar-refractivity contribution >= 4 is 17.3 Å².